The topological polar surface area (TPSA) is 16.1 Å². The van der Waals surface area contributed by atoms with Crippen LogP contribution in [0.4, 0.5) is 17.1 Å². The van der Waals surface area contributed by atoms with Crippen LogP contribution in [0.15, 0.2) is 158 Å². The van der Waals surface area contributed by atoms with E-state index in [1.165, 1.54) is 47.8 Å². The number of aromatic nitrogens is 1. The molecule has 42 heavy (non-hydrogen) atoms. The van der Waals surface area contributed by atoms with Gasteiger partial charge < -0.3 is 4.90 Å². The lowest BCUT2D eigenvalue weighted by Gasteiger charge is -2.27. The number of rotatable bonds is 5. The first kappa shape index (κ1) is 24.5. The van der Waals surface area contributed by atoms with Crippen LogP contribution in [0.1, 0.15) is 0 Å². The van der Waals surface area contributed by atoms with E-state index in [1.54, 1.807) is 11.3 Å². The molecule has 8 rings (SSSR count). The lowest BCUT2D eigenvalue weighted by Crippen LogP contribution is -2.10. The lowest BCUT2D eigenvalue weighted by molar-refractivity contribution is 1.30. The van der Waals surface area contributed by atoms with Gasteiger partial charge in [0.2, 0.25) is 0 Å². The van der Waals surface area contributed by atoms with Gasteiger partial charge in [-0.1, -0.05) is 103 Å². The van der Waals surface area contributed by atoms with Gasteiger partial charge in [0.05, 0.1) is 15.9 Å². The summed E-state index contributed by atoms with van der Waals surface area (Å²) in [5.74, 6) is 0. The van der Waals surface area contributed by atoms with Crippen molar-refractivity contribution in [2.24, 2.45) is 0 Å². The fourth-order valence-corrected chi connectivity index (χ4v) is 7.02. The Morgan fingerprint density at radius 2 is 1.12 bits per heavy atom. The highest BCUT2D eigenvalue weighted by molar-refractivity contribution is 7.25. The predicted molar refractivity (Wildman–Crippen MR) is 180 cm³/mol. The molecular formula is C39H26N2S. The van der Waals surface area contributed by atoms with Crippen LogP contribution in [0.2, 0.25) is 0 Å². The zero-order chi connectivity index (χ0) is 27.9. The minimum absolute atomic E-state index is 1.05. The van der Waals surface area contributed by atoms with Crippen molar-refractivity contribution >= 4 is 59.5 Å². The molecule has 0 aliphatic heterocycles. The fourth-order valence-electron chi connectivity index (χ4n) is 5.94. The number of nitrogens with zero attached hydrogens (tertiary/aromatic N) is 2. The first-order chi connectivity index (χ1) is 20.8. The average Bonchev–Trinajstić information content (AvgIpc) is 3.45. The third-order valence-electron chi connectivity index (χ3n) is 7.93. The van der Waals surface area contributed by atoms with E-state index >= 15 is 0 Å². The van der Waals surface area contributed by atoms with Gasteiger partial charge in [0.1, 0.15) is 0 Å². The molecule has 0 aliphatic carbocycles. The van der Waals surface area contributed by atoms with Crippen LogP contribution in [-0.2, 0) is 0 Å². The molecule has 0 amide bonds. The number of fused-ring (bicyclic) bond motifs is 4. The van der Waals surface area contributed by atoms with Crippen LogP contribution in [0, 0.1) is 0 Å². The van der Waals surface area contributed by atoms with Crippen LogP contribution >= 0.6 is 11.3 Å². The third-order valence-corrected chi connectivity index (χ3v) is 9.04. The monoisotopic (exact) mass is 554 g/mol. The highest BCUT2D eigenvalue weighted by Crippen LogP contribution is 2.44. The second kappa shape index (κ2) is 10.3. The van der Waals surface area contributed by atoms with Crippen LogP contribution in [0.3, 0.4) is 0 Å². The van der Waals surface area contributed by atoms with Crippen LogP contribution in [0.5, 0.6) is 0 Å². The van der Waals surface area contributed by atoms with Crippen molar-refractivity contribution < 1.29 is 0 Å². The summed E-state index contributed by atoms with van der Waals surface area (Å²) in [6, 6.07) is 54.2. The normalized spacial score (nSPS) is 11.3. The molecule has 6 aromatic carbocycles. The number of hydrogen-bond acceptors (Lipinski definition) is 3. The Balaban J connectivity index is 1.29. The van der Waals surface area contributed by atoms with E-state index in [4.69, 9.17) is 4.98 Å². The Labute approximate surface area is 248 Å². The van der Waals surface area contributed by atoms with E-state index in [9.17, 15) is 0 Å². The van der Waals surface area contributed by atoms with E-state index < -0.39 is 0 Å². The molecule has 3 heteroatoms. The van der Waals surface area contributed by atoms with Gasteiger partial charge in [-0.2, -0.15) is 0 Å². The van der Waals surface area contributed by atoms with Crippen molar-refractivity contribution in [1.82, 2.24) is 4.98 Å². The summed E-state index contributed by atoms with van der Waals surface area (Å²) in [6.45, 7) is 0. The summed E-state index contributed by atoms with van der Waals surface area (Å²) in [5.41, 5.74) is 9.25. The van der Waals surface area contributed by atoms with E-state index in [0.29, 0.717) is 0 Å². The molecule has 0 unspecified atom stereocenters. The van der Waals surface area contributed by atoms with Gasteiger partial charge in [0.15, 0.2) is 0 Å². The molecule has 0 saturated carbocycles. The quantitative estimate of drug-likeness (QED) is 0.210. The molecule has 0 N–H and O–H groups in total. The average molecular weight is 555 g/mol. The molecule has 2 heterocycles. The smallest absolute Gasteiger partial charge is 0.0909 e. The zero-order valence-corrected chi connectivity index (χ0v) is 23.6. The van der Waals surface area contributed by atoms with Crippen LogP contribution in [0.25, 0.3) is 53.3 Å². The van der Waals surface area contributed by atoms with Crippen molar-refractivity contribution in [2.45, 2.75) is 0 Å². The number of hydrogen-bond donors (Lipinski definition) is 0. The summed E-state index contributed by atoms with van der Waals surface area (Å²) in [5, 5.41) is 3.70. The highest BCUT2D eigenvalue weighted by Gasteiger charge is 2.19. The van der Waals surface area contributed by atoms with Crippen molar-refractivity contribution in [1.29, 1.82) is 0 Å². The van der Waals surface area contributed by atoms with E-state index in [0.717, 1.165) is 22.6 Å². The molecule has 0 bridgehead atoms. The van der Waals surface area contributed by atoms with Gasteiger partial charge in [-0.05, 0) is 81.6 Å². The molecule has 0 atom stereocenters. The maximum atomic E-state index is 4.82. The van der Waals surface area contributed by atoms with Crippen LogP contribution in [-0.4, -0.2) is 4.98 Å². The maximum Gasteiger partial charge on any atom is 0.0909 e. The number of thiophene rings is 1. The zero-order valence-electron chi connectivity index (χ0n) is 22.8. The summed E-state index contributed by atoms with van der Waals surface area (Å²) < 4.78 is 2.44. The van der Waals surface area contributed by atoms with E-state index in [2.05, 4.69) is 150 Å². The Hall–Kier alpha value is -5.25. The molecule has 198 valence electrons. The molecule has 0 spiro atoms. The van der Waals surface area contributed by atoms with Gasteiger partial charge >= 0.3 is 0 Å². The number of anilines is 3. The Morgan fingerprint density at radius 1 is 0.476 bits per heavy atom. The largest absolute Gasteiger partial charge is 0.310 e. The minimum Gasteiger partial charge on any atom is -0.310 e. The van der Waals surface area contributed by atoms with Crippen molar-refractivity contribution in [3.63, 3.8) is 0 Å². The van der Waals surface area contributed by atoms with Crippen molar-refractivity contribution in [3.05, 3.63) is 158 Å². The number of pyridine rings is 1. The summed E-state index contributed by atoms with van der Waals surface area (Å²) in [6.07, 6.45) is 1.89. The SMILES string of the molecule is c1ccc(-c2ccc(N(c3ccc(-c4cccc5ccccc45)cc3)c3cccc4sc5cccnc5c34)cc2)cc1. The second-order valence-corrected chi connectivity index (χ2v) is 11.5. The minimum atomic E-state index is 1.05. The van der Waals surface area contributed by atoms with Crippen molar-refractivity contribution in [3.8, 4) is 22.3 Å². The molecule has 0 aliphatic rings. The standard InChI is InChI=1S/C39H26N2S/c1-2-9-27(10-3-1)28-18-22-31(23-19-28)41(35-15-7-16-36-38(35)39-37(42-36)17-8-26-40-39)32-24-20-30(21-25-32)34-14-6-12-29-11-4-5-13-33(29)34/h1-26H. The van der Waals surface area contributed by atoms with E-state index in [1.807, 2.05) is 12.3 Å². The van der Waals surface area contributed by atoms with Gasteiger partial charge in [0.25, 0.3) is 0 Å². The highest BCUT2D eigenvalue weighted by atomic mass is 32.1. The molecule has 2 nitrogen and oxygen atoms in total. The van der Waals surface area contributed by atoms with E-state index in [-0.39, 0.29) is 0 Å². The fraction of sp³-hybridized carbons (Fsp3) is 0. The molecular weight excluding hydrogens is 529 g/mol. The number of benzene rings is 6. The first-order valence-corrected chi connectivity index (χ1v) is 15.0. The molecule has 8 aromatic rings. The Kier molecular flexibility index (Phi) is 6.02. The Bertz CT molecular complexity index is 2170. The van der Waals surface area contributed by atoms with Gasteiger partial charge in [-0.25, -0.2) is 0 Å². The third kappa shape index (κ3) is 4.23. The molecule has 0 saturated heterocycles. The summed E-state index contributed by atoms with van der Waals surface area (Å²) in [7, 11) is 0. The summed E-state index contributed by atoms with van der Waals surface area (Å²) >= 11 is 1.79. The summed E-state index contributed by atoms with van der Waals surface area (Å²) in [4.78, 5) is 7.19. The van der Waals surface area contributed by atoms with Crippen LogP contribution < -0.4 is 4.90 Å². The second-order valence-electron chi connectivity index (χ2n) is 10.4. The molecule has 2 aromatic heterocycles. The van der Waals surface area contributed by atoms with Gasteiger partial charge in [-0.3, -0.25) is 4.98 Å². The van der Waals surface area contributed by atoms with Crippen molar-refractivity contribution in [2.75, 3.05) is 4.90 Å². The molecule has 0 fully saturated rings. The maximum absolute atomic E-state index is 4.82. The predicted octanol–water partition coefficient (Wildman–Crippen LogP) is 11.4. The van der Waals surface area contributed by atoms with Gasteiger partial charge in [-0.15, -0.1) is 11.3 Å². The molecule has 0 radical (unpaired) electrons. The first-order valence-electron chi connectivity index (χ1n) is 14.1. The van der Waals surface area contributed by atoms with Gasteiger partial charge in [0, 0.05) is 27.7 Å². The Morgan fingerprint density at radius 3 is 1.93 bits per heavy atom. The lowest BCUT2D eigenvalue weighted by atomic mass is 9.98.